The molecule has 0 saturated carbocycles. The standard InChI is InChI=1S/C20H19F2N3O/c1-13-5-10-17-23-18(19(22)25(17)12-13)20(26)24-11-3-2-4-16(24)14-6-8-15(21)9-7-14/h5-10,12,16H,2-4,11H2,1H3/t16-/m0/s1. The van der Waals surface area contributed by atoms with Crippen LogP contribution in [0, 0.1) is 18.7 Å². The molecular formula is C20H19F2N3O. The number of aromatic nitrogens is 2. The Bertz CT molecular complexity index is 965. The molecule has 134 valence electrons. The third kappa shape index (κ3) is 2.85. The second kappa shape index (κ2) is 6.52. The number of aryl methyl sites for hydroxylation is 1. The van der Waals surface area contributed by atoms with Crippen LogP contribution in [0.5, 0.6) is 0 Å². The number of halogens is 2. The Hall–Kier alpha value is -2.76. The molecule has 6 heteroatoms. The van der Waals surface area contributed by atoms with Gasteiger partial charge in [-0.15, -0.1) is 0 Å². The molecule has 1 fully saturated rings. The number of hydrogen-bond donors (Lipinski definition) is 0. The van der Waals surface area contributed by atoms with Gasteiger partial charge >= 0.3 is 0 Å². The van der Waals surface area contributed by atoms with E-state index in [-0.39, 0.29) is 17.6 Å². The zero-order chi connectivity index (χ0) is 18.3. The number of piperidine rings is 1. The van der Waals surface area contributed by atoms with Gasteiger partial charge in [0.15, 0.2) is 5.69 Å². The quantitative estimate of drug-likeness (QED) is 0.688. The molecule has 1 aliphatic heterocycles. The van der Waals surface area contributed by atoms with E-state index in [1.54, 1.807) is 29.3 Å². The van der Waals surface area contributed by atoms with Crippen molar-refractivity contribution in [3.8, 4) is 0 Å². The first-order chi connectivity index (χ1) is 12.5. The fraction of sp³-hybridized carbons (Fsp3) is 0.300. The van der Waals surface area contributed by atoms with E-state index in [2.05, 4.69) is 4.98 Å². The van der Waals surface area contributed by atoms with Crippen molar-refractivity contribution < 1.29 is 13.6 Å². The minimum atomic E-state index is -0.642. The summed E-state index contributed by atoms with van der Waals surface area (Å²) in [4.78, 5) is 18.9. The summed E-state index contributed by atoms with van der Waals surface area (Å²) >= 11 is 0. The smallest absolute Gasteiger partial charge is 0.277 e. The minimum Gasteiger partial charge on any atom is -0.330 e. The molecule has 0 aliphatic carbocycles. The van der Waals surface area contributed by atoms with Crippen LogP contribution in [0.4, 0.5) is 8.78 Å². The van der Waals surface area contributed by atoms with Gasteiger partial charge in [0.1, 0.15) is 11.5 Å². The molecule has 2 aromatic heterocycles. The predicted octanol–water partition coefficient (Wildman–Crippen LogP) is 4.29. The van der Waals surface area contributed by atoms with E-state index >= 15 is 0 Å². The van der Waals surface area contributed by atoms with E-state index in [1.807, 2.05) is 13.0 Å². The molecule has 1 atom stereocenters. The lowest BCUT2D eigenvalue weighted by atomic mass is 9.95. The second-order valence-corrected chi connectivity index (χ2v) is 6.75. The van der Waals surface area contributed by atoms with Gasteiger partial charge in [-0.2, -0.15) is 4.39 Å². The van der Waals surface area contributed by atoms with E-state index in [0.29, 0.717) is 12.2 Å². The van der Waals surface area contributed by atoms with Crippen molar-refractivity contribution in [3.63, 3.8) is 0 Å². The third-order valence-electron chi connectivity index (χ3n) is 4.93. The highest BCUT2D eigenvalue weighted by atomic mass is 19.1. The van der Waals surface area contributed by atoms with Crippen molar-refractivity contribution >= 4 is 11.6 Å². The highest BCUT2D eigenvalue weighted by Crippen LogP contribution is 2.32. The molecule has 0 bridgehead atoms. The van der Waals surface area contributed by atoms with E-state index in [9.17, 15) is 13.6 Å². The number of hydrogen-bond acceptors (Lipinski definition) is 2. The molecule has 1 saturated heterocycles. The maximum atomic E-state index is 14.8. The number of carbonyl (C=O) groups excluding carboxylic acids is 1. The van der Waals surface area contributed by atoms with E-state index in [0.717, 1.165) is 30.4 Å². The monoisotopic (exact) mass is 355 g/mol. The molecular weight excluding hydrogens is 336 g/mol. The van der Waals surface area contributed by atoms with Gasteiger partial charge in [0.2, 0.25) is 5.95 Å². The van der Waals surface area contributed by atoms with Crippen LogP contribution in [-0.4, -0.2) is 26.7 Å². The third-order valence-corrected chi connectivity index (χ3v) is 4.93. The summed E-state index contributed by atoms with van der Waals surface area (Å²) in [5.41, 5.74) is 1.99. The molecule has 1 amide bonds. The summed E-state index contributed by atoms with van der Waals surface area (Å²) in [7, 11) is 0. The fourth-order valence-electron chi connectivity index (χ4n) is 3.60. The Morgan fingerprint density at radius 1 is 1.12 bits per heavy atom. The van der Waals surface area contributed by atoms with Crippen molar-refractivity contribution in [1.82, 2.24) is 14.3 Å². The molecule has 0 N–H and O–H groups in total. The second-order valence-electron chi connectivity index (χ2n) is 6.75. The van der Waals surface area contributed by atoms with Crippen molar-refractivity contribution in [2.24, 2.45) is 0 Å². The van der Waals surface area contributed by atoms with Crippen molar-refractivity contribution in [1.29, 1.82) is 0 Å². The van der Waals surface area contributed by atoms with Crippen molar-refractivity contribution in [2.75, 3.05) is 6.54 Å². The number of carbonyl (C=O) groups is 1. The number of imidazole rings is 1. The largest absolute Gasteiger partial charge is 0.330 e. The minimum absolute atomic E-state index is 0.162. The summed E-state index contributed by atoms with van der Waals surface area (Å²) in [5.74, 6) is -1.38. The summed E-state index contributed by atoms with van der Waals surface area (Å²) in [6.45, 7) is 2.39. The van der Waals surface area contributed by atoms with Crippen LogP contribution in [0.3, 0.4) is 0 Å². The number of pyridine rings is 1. The van der Waals surface area contributed by atoms with Crippen LogP contribution in [0.15, 0.2) is 42.6 Å². The Kier molecular flexibility index (Phi) is 4.18. The van der Waals surface area contributed by atoms with Gasteiger partial charge in [0.25, 0.3) is 5.91 Å². The maximum Gasteiger partial charge on any atom is 0.277 e. The normalized spacial score (nSPS) is 17.7. The fourth-order valence-corrected chi connectivity index (χ4v) is 3.60. The number of likely N-dealkylation sites (tertiary alicyclic amines) is 1. The van der Waals surface area contributed by atoms with Crippen LogP contribution in [0.2, 0.25) is 0 Å². The van der Waals surface area contributed by atoms with E-state index in [4.69, 9.17) is 0 Å². The van der Waals surface area contributed by atoms with Gasteiger partial charge < -0.3 is 4.90 Å². The molecule has 0 spiro atoms. The molecule has 26 heavy (non-hydrogen) atoms. The molecule has 0 unspecified atom stereocenters. The van der Waals surface area contributed by atoms with Crippen LogP contribution >= 0.6 is 0 Å². The van der Waals surface area contributed by atoms with Gasteiger partial charge in [-0.05, 0) is 55.5 Å². The highest BCUT2D eigenvalue weighted by Gasteiger charge is 2.32. The van der Waals surface area contributed by atoms with Gasteiger partial charge in [0.05, 0.1) is 6.04 Å². The summed E-state index contributed by atoms with van der Waals surface area (Å²) in [5, 5.41) is 0. The Balaban J connectivity index is 1.71. The van der Waals surface area contributed by atoms with Crippen molar-refractivity contribution in [3.05, 3.63) is 71.2 Å². The number of nitrogens with zero attached hydrogens (tertiary/aromatic N) is 3. The van der Waals surface area contributed by atoms with Crippen LogP contribution < -0.4 is 0 Å². The zero-order valence-corrected chi connectivity index (χ0v) is 14.5. The van der Waals surface area contributed by atoms with E-state index in [1.165, 1.54) is 16.5 Å². The Morgan fingerprint density at radius 2 is 1.88 bits per heavy atom. The number of amides is 1. The van der Waals surface area contributed by atoms with Crippen LogP contribution in [0.1, 0.15) is 46.9 Å². The lowest BCUT2D eigenvalue weighted by Crippen LogP contribution is -2.39. The molecule has 3 heterocycles. The van der Waals surface area contributed by atoms with Gasteiger partial charge in [0, 0.05) is 12.7 Å². The highest BCUT2D eigenvalue weighted by molar-refractivity contribution is 5.93. The Morgan fingerprint density at radius 3 is 2.65 bits per heavy atom. The SMILES string of the molecule is Cc1ccc2nc(C(=O)N3CCCC[C@H]3c3ccc(F)cc3)c(F)n2c1. The molecule has 1 aromatic carbocycles. The zero-order valence-electron chi connectivity index (χ0n) is 14.5. The van der Waals surface area contributed by atoms with Crippen molar-refractivity contribution in [2.45, 2.75) is 32.2 Å². The average molecular weight is 355 g/mol. The molecule has 3 aromatic rings. The Labute approximate surface area is 150 Å². The van der Waals surface area contributed by atoms with Gasteiger partial charge in [-0.1, -0.05) is 18.2 Å². The molecule has 4 nitrogen and oxygen atoms in total. The number of rotatable bonds is 2. The van der Waals surface area contributed by atoms with Crippen LogP contribution in [0.25, 0.3) is 5.65 Å². The molecule has 4 rings (SSSR count). The summed E-state index contributed by atoms with van der Waals surface area (Å²) in [6, 6.07) is 9.50. The molecule has 1 aliphatic rings. The van der Waals surface area contributed by atoms with Crippen LogP contribution in [-0.2, 0) is 0 Å². The maximum absolute atomic E-state index is 14.8. The first kappa shape index (κ1) is 16.7. The summed E-state index contributed by atoms with van der Waals surface area (Å²) in [6.07, 6.45) is 4.23. The lowest BCUT2D eigenvalue weighted by molar-refractivity contribution is 0.0600. The first-order valence-electron chi connectivity index (χ1n) is 8.75. The predicted molar refractivity (Wildman–Crippen MR) is 93.9 cm³/mol. The van der Waals surface area contributed by atoms with Gasteiger partial charge in [-0.25, -0.2) is 9.37 Å². The average Bonchev–Trinajstić information content (AvgIpc) is 2.98. The topological polar surface area (TPSA) is 37.6 Å². The summed E-state index contributed by atoms with van der Waals surface area (Å²) < 4.78 is 29.3. The number of fused-ring (bicyclic) bond motifs is 1. The first-order valence-corrected chi connectivity index (χ1v) is 8.75. The van der Waals surface area contributed by atoms with E-state index < -0.39 is 11.9 Å². The molecule has 0 radical (unpaired) electrons. The lowest BCUT2D eigenvalue weighted by Gasteiger charge is -2.35. The van der Waals surface area contributed by atoms with Gasteiger partial charge in [-0.3, -0.25) is 9.20 Å². The number of benzene rings is 1.